The zero-order valence-electron chi connectivity index (χ0n) is 15.9. The number of nitrogens with zero attached hydrogens (tertiary/aromatic N) is 3. The lowest BCUT2D eigenvalue weighted by Gasteiger charge is -2.24. The third-order valence-electron chi connectivity index (χ3n) is 5.22. The lowest BCUT2D eigenvalue weighted by molar-refractivity contribution is -0.913. The van der Waals surface area contributed by atoms with Gasteiger partial charge in [-0.05, 0) is 18.2 Å². The molecule has 1 atom stereocenters. The topological polar surface area (TPSA) is 73.3 Å². The molecule has 3 heterocycles. The lowest BCUT2D eigenvalue weighted by atomic mass is 10.0. The minimum Gasteiger partial charge on any atom is -0.493 e. The van der Waals surface area contributed by atoms with Crippen molar-refractivity contribution in [3.05, 3.63) is 34.5 Å². The average molecular weight is 390 g/mol. The number of aromatic hydroxyl groups is 1. The summed E-state index contributed by atoms with van der Waals surface area (Å²) in [6.45, 7) is 4.16. The van der Waals surface area contributed by atoms with Crippen molar-refractivity contribution in [2.75, 3.05) is 27.3 Å². The number of hydrogen-bond acceptors (Lipinski definition) is 6. The highest BCUT2D eigenvalue weighted by Crippen LogP contribution is 2.38. The summed E-state index contributed by atoms with van der Waals surface area (Å²) >= 11 is 1.52. The van der Waals surface area contributed by atoms with Crippen molar-refractivity contribution in [1.29, 1.82) is 0 Å². The number of methoxy groups -OCH3 is 2. The number of nitrogens with one attached hydrogen (secondary N) is 1. The SMILES string of the molecule is CCc1nc2sc([C@H](c3ccc(OC)c(OC)c3)[NH+]3CCCC3)c(O)n2n1. The molecule has 8 heteroatoms. The van der Waals surface area contributed by atoms with Crippen LogP contribution >= 0.6 is 11.3 Å². The standard InChI is InChI=1S/C19H24N4O3S/c1-4-15-20-19-23(21-15)18(24)17(27-19)16(22-9-5-6-10-22)12-7-8-13(25-2)14(11-12)26-3/h7-8,11,16,24H,4-6,9-10H2,1-3H3/p+1/t16-/m0/s1. The van der Waals surface area contributed by atoms with Crippen molar-refractivity contribution in [3.63, 3.8) is 0 Å². The van der Waals surface area contributed by atoms with Crippen LogP contribution in [0.25, 0.3) is 4.96 Å². The summed E-state index contributed by atoms with van der Waals surface area (Å²) in [4.78, 5) is 7.61. The average Bonchev–Trinajstić information content (AvgIpc) is 3.41. The second kappa shape index (κ2) is 7.36. The van der Waals surface area contributed by atoms with Gasteiger partial charge in [-0.3, -0.25) is 0 Å². The number of hydrogen-bond donors (Lipinski definition) is 2. The molecule has 0 amide bonds. The number of fused-ring (bicyclic) bond motifs is 1. The van der Waals surface area contributed by atoms with E-state index in [4.69, 9.17) is 9.47 Å². The second-order valence-corrected chi connectivity index (χ2v) is 7.79. The van der Waals surface area contributed by atoms with Crippen LogP contribution in [0.3, 0.4) is 0 Å². The zero-order valence-corrected chi connectivity index (χ0v) is 16.7. The van der Waals surface area contributed by atoms with Gasteiger partial charge in [-0.25, -0.2) is 4.98 Å². The molecule has 2 aromatic heterocycles. The number of rotatable bonds is 6. The van der Waals surface area contributed by atoms with Crippen LogP contribution < -0.4 is 14.4 Å². The number of benzene rings is 1. The lowest BCUT2D eigenvalue weighted by Crippen LogP contribution is -3.10. The molecule has 1 aliphatic rings. The molecule has 1 saturated heterocycles. The van der Waals surface area contributed by atoms with E-state index in [1.165, 1.54) is 29.1 Å². The monoisotopic (exact) mass is 389 g/mol. The quantitative estimate of drug-likeness (QED) is 0.673. The van der Waals surface area contributed by atoms with Gasteiger partial charge in [0.15, 0.2) is 23.4 Å². The number of likely N-dealkylation sites (tertiary alicyclic amines) is 1. The molecule has 7 nitrogen and oxygen atoms in total. The van der Waals surface area contributed by atoms with E-state index in [2.05, 4.69) is 16.1 Å². The van der Waals surface area contributed by atoms with Crippen molar-refractivity contribution >= 4 is 16.3 Å². The molecular formula is C19H25N4O3S+. The first kappa shape index (κ1) is 18.1. The smallest absolute Gasteiger partial charge is 0.235 e. The first-order valence-electron chi connectivity index (χ1n) is 9.30. The maximum absolute atomic E-state index is 10.9. The molecule has 0 unspecified atom stereocenters. The highest BCUT2D eigenvalue weighted by atomic mass is 32.1. The maximum atomic E-state index is 10.9. The van der Waals surface area contributed by atoms with E-state index in [1.54, 1.807) is 18.7 Å². The van der Waals surface area contributed by atoms with Gasteiger partial charge in [0, 0.05) is 24.8 Å². The molecule has 0 radical (unpaired) electrons. The molecule has 1 aliphatic heterocycles. The molecule has 27 heavy (non-hydrogen) atoms. The van der Waals surface area contributed by atoms with Crippen LogP contribution in [0.15, 0.2) is 18.2 Å². The fourth-order valence-electron chi connectivity index (χ4n) is 3.85. The molecule has 0 spiro atoms. The summed E-state index contributed by atoms with van der Waals surface area (Å²) in [6.07, 6.45) is 3.14. The molecule has 3 aromatic rings. The van der Waals surface area contributed by atoms with Gasteiger partial charge in [0.2, 0.25) is 10.8 Å². The number of ether oxygens (including phenoxy) is 2. The van der Waals surface area contributed by atoms with Gasteiger partial charge in [0.1, 0.15) is 4.88 Å². The highest BCUT2D eigenvalue weighted by Gasteiger charge is 2.35. The van der Waals surface area contributed by atoms with Gasteiger partial charge in [0.25, 0.3) is 0 Å². The van der Waals surface area contributed by atoms with Gasteiger partial charge in [-0.15, -0.1) is 5.10 Å². The first-order valence-corrected chi connectivity index (χ1v) is 10.1. The van der Waals surface area contributed by atoms with Gasteiger partial charge in [-0.1, -0.05) is 18.3 Å². The summed E-state index contributed by atoms with van der Waals surface area (Å²) in [5.74, 6) is 2.35. The largest absolute Gasteiger partial charge is 0.493 e. The molecule has 4 rings (SSSR count). The van der Waals surface area contributed by atoms with E-state index >= 15 is 0 Å². The molecular weight excluding hydrogens is 364 g/mol. The summed E-state index contributed by atoms with van der Waals surface area (Å²) in [5, 5.41) is 15.3. The first-order chi connectivity index (χ1) is 13.2. The molecule has 1 aromatic carbocycles. The molecule has 0 saturated carbocycles. The summed E-state index contributed by atoms with van der Waals surface area (Å²) < 4.78 is 12.5. The Kier molecular flexibility index (Phi) is 4.92. The molecule has 0 aliphatic carbocycles. The second-order valence-electron chi connectivity index (χ2n) is 6.78. The highest BCUT2D eigenvalue weighted by molar-refractivity contribution is 7.17. The minimum atomic E-state index is 0.0193. The Labute approximate surface area is 162 Å². The zero-order chi connectivity index (χ0) is 19.0. The minimum absolute atomic E-state index is 0.0193. The van der Waals surface area contributed by atoms with Crippen molar-refractivity contribution < 1.29 is 19.5 Å². The van der Waals surface area contributed by atoms with E-state index in [0.29, 0.717) is 11.5 Å². The number of thiazole rings is 1. The Morgan fingerprint density at radius 3 is 2.59 bits per heavy atom. The molecule has 0 bridgehead atoms. The van der Waals surface area contributed by atoms with Crippen LogP contribution in [-0.2, 0) is 6.42 Å². The van der Waals surface area contributed by atoms with Crippen LogP contribution in [0.5, 0.6) is 17.4 Å². The van der Waals surface area contributed by atoms with Crippen LogP contribution in [0.1, 0.15) is 42.1 Å². The van der Waals surface area contributed by atoms with Crippen LogP contribution in [0.4, 0.5) is 0 Å². The predicted molar refractivity (Wildman–Crippen MR) is 103 cm³/mol. The van der Waals surface area contributed by atoms with Gasteiger partial charge in [-0.2, -0.15) is 4.52 Å². The fraction of sp³-hybridized carbons (Fsp3) is 0.474. The Hall–Kier alpha value is -2.32. The Morgan fingerprint density at radius 2 is 1.96 bits per heavy atom. The number of aryl methyl sites for hydroxylation is 1. The van der Waals surface area contributed by atoms with Crippen LogP contribution in [0.2, 0.25) is 0 Å². The van der Waals surface area contributed by atoms with Gasteiger partial charge < -0.3 is 19.5 Å². The summed E-state index contributed by atoms with van der Waals surface area (Å²) in [7, 11) is 3.28. The van der Waals surface area contributed by atoms with Crippen molar-refractivity contribution in [2.24, 2.45) is 0 Å². The van der Waals surface area contributed by atoms with Crippen molar-refractivity contribution in [3.8, 4) is 17.4 Å². The Balaban J connectivity index is 1.82. The maximum Gasteiger partial charge on any atom is 0.235 e. The van der Waals surface area contributed by atoms with Gasteiger partial charge >= 0.3 is 0 Å². The Morgan fingerprint density at radius 1 is 1.22 bits per heavy atom. The van der Waals surface area contributed by atoms with Crippen molar-refractivity contribution in [1.82, 2.24) is 14.6 Å². The molecule has 2 N–H and O–H groups in total. The van der Waals surface area contributed by atoms with E-state index in [1.807, 2.05) is 19.1 Å². The van der Waals surface area contributed by atoms with Crippen LogP contribution in [0, 0.1) is 0 Å². The van der Waals surface area contributed by atoms with Crippen molar-refractivity contribution in [2.45, 2.75) is 32.2 Å². The Bertz CT molecular complexity index is 946. The molecule has 144 valence electrons. The third kappa shape index (κ3) is 3.12. The predicted octanol–water partition coefficient (Wildman–Crippen LogP) is 1.84. The van der Waals surface area contributed by atoms with Gasteiger partial charge in [0.05, 0.1) is 27.3 Å². The third-order valence-corrected chi connectivity index (χ3v) is 6.30. The van der Waals surface area contributed by atoms with Crippen LogP contribution in [-0.4, -0.2) is 47.0 Å². The number of aromatic nitrogens is 3. The normalized spacial score (nSPS) is 16.1. The van der Waals surface area contributed by atoms with E-state index in [-0.39, 0.29) is 11.9 Å². The fourth-order valence-corrected chi connectivity index (χ4v) is 5.01. The summed E-state index contributed by atoms with van der Waals surface area (Å²) in [6, 6.07) is 6.02. The van der Waals surface area contributed by atoms with E-state index < -0.39 is 0 Å². The summed E-state index contributed by atoms with van der Waals surface area (Å²) in [5.41, 5.74) is 1.10. The number of quaternary nitrogens is 1. The molecule has 1 fully saturated rings. The van der Waals surface area contributed by atoms with E-state index in [0.717, 1.165) is 40.7 Å². The van der Waals surface area contributed by atoms with E-state index in [9.17, 15) is 5.11 Å².